The summed E-state index contributed by atoms with van der Waals surface area (Å²) in [6.07, 6.45) is 1.23. The zero-order chi connectivity index (χ0) is 14.0. The van der Waals surface area contributed by atoms with E-state index in [0.29, 0.717) is 24.0 Å². The van der Waals surface area contributed by atoms with Crippen molar-refractivity contribution in [2.45, 2.75) is 45.3 Å². The third-order valence-electron chi connectivity index (χ3n) is 4.45. The number of piperidine rings is 1. The number of nitrogens with zero attached hydrogens (tertiary/aromatic N) is 1. The zero-order valence-electron chi connectivity index (χ0n) is 12.4. The van der Waals surface area contributed by atoms with Crippen LogP contribution in [0.25, 0.3) is 0 Å². The van der Waals surface area contributed by atoms with Gasteiger partial charge < -0.3 is 10.2 Å². The maximum atomic E-state index is 3.82. The van der Waals surface area contributed by atoms with E-state index in [2.05, 4.69) is 78.2 Å². The molecule has 0 aromatic heterocycles. The minimum Gasteiger partial charge on any atom is -0.307 e. The minimum atomic E-state index is 0.388. The fourth-order valence-electron chi connectivity index (χ4n) is 3.01. The minimum absolute atomic E-state index is 0.388. The van der Waals surface area contributed by atoms with Crippen molar-refractivity contribution in [1.29, 1.82) is 0 Å². The standard InChI is InChI=1S/C16H25BrN2/c1-11-10-19(4)12(2)9-16(11)18-13(3)14-7-5-6-8-15(14)17/h5-8,11-13,16,18H,9-10H2,1-4H3/t11?,12?,13-,16?/m0/s1. The molecule has 1 fully saturated rings. The Hall–Kier alpha value is -0.380. The average Bonchev–Trinajstić information content (AvgIpc) is 2.36. The topological polar surface area (TPSA) is 15.3 Å². The van der Waals surface area contributed by atoms with Gasteiger partial charge in [0.2, 0.25) is 0 Å². The lowest BCUT2D eigenvalue weighted by Gasteiger charge is -2.41. The lowest BCUT2D eigenvalue weighted by atomic mass is 9.89. The fraction of sp³-hybridized carbons (Fsp3) is 0.625. The molecule has 0 spiro atoms. The highest BCUT2D eigenvalue weighted by Gasteiger charge is 2.29. The summed E-state index contributed by atoms with van der Waals surface area (Å²) in [6.45, 7) is 8.12. The first-order valence-corrected chi connectivity index (χ1v) is 7.99. The molecule has 19 heavy (non-hydrogen) atoms. The van der Waals surface area contributed by atoms with Gasteiger partial charge in [0.05, 0.1) is 0 Å². The summed E-state index contributed by atoms with van der Waals surface area (Å²) in [5, 5.41) is 3.82. The highest BCUT2D eigenvalue weighted by Crippen LogP contribution is 2.27. The van der Waals surface area contributed by atoms with E-state index >= 15 is 0 Å². The van der Waals surface area contributed by atoms with E-state index in [0.717, 1.165) is 0 Å². The smallest absolute Gasteiger partial charge is 0.0305 e. The number of nitrogens with one attached hydrogen (secondary N) is 1. The summed E-state index contributed by atoms with van der Waals surface area (Å²) < 4.78 is 1.20. The Morgan fingerprint density at radius 3 is 2.68 bits per heavy atom. The Morgan fingerprint density at radius 2 is 2.00 bits per heavy atom. The van der Waals surface area contributed by atoms with Gasteiger partial charge in [0, 0.05) is 29.1 Å². The maximum absolute atomic E-state index is 3.82. The molecule has 106 valence electrons. The van der Waals surface area contributed by atoms with Crippen LogP contribution in [0.3, 0.4) is 0 Å². The van der Waals surface area contributed by atoms with E-state index in [1.165, 1.54) is 23.0 Å². The summed E-state index contributed by atoms with van der Waals surface area (Å²) >= 11 is 3.65. The van der Waals surface area contributed by atoms with Crippen LogP contribution in [0.2, 0.25) is 0 Å². The van der Waals surface area contributed by atoms with E-state index in [4.69, 9.17) is 0 Å². The molecule has 2 nitrogen and oxygen atoms in total. The third-order valence-corrected chi connectivity index (χ3v) is 5.17. The third kappa shape index (κ3) is 3.59. The number of hydrogen-bond donors (Lipinski definition) is 1. The van der Waals surface area contributed by atoms with E-state index in [1.807, 2.05) is 0 Å². The van der Waals surface area contributed by atoms with Crippen LogP contribution in [0.1, 0.15) is 38.8 Å². The summed E-state index contributed by atoms with van der Waals surface area (Å²) in [7, 11) is 2.23. The first kappa shape index (κ1) is 15.0. The summed E-state index contributed by atoms with van der Waals surface area (Å²) in [5.41, 5.74) is 1.35. The van der Waals surface area contributed by atoms with Crippen molar-refractivity contribution >= 4 is 15.9 Å². The van der Waals surface area contributed by atoms with Crippen molar-refractivity contribution < 1.29 is 0 Å². The van der Waals surface area contributed by atoms with E-state index < -0.39 is 0 Å². The average molecular weight is 325 g/mol. The monoisotopic (exact) mass is 324 g/mol. The summed E-state index contributed by atoms with van der Waals surface area (Å²) in [4.78, 5) is 2.46. The van der Waals surface area contributed by atoms with Crippen LogP contribution >= 0.6 is 15.9 Å². The van der Waals surface area contributed by atoms with Crippen molar-refractivity contribution in [1.82, 2.24) is 10.2 Å². The molecule has 0 bridgehead atoms. The van der Waals surface area contributed by atoms with Gasteiger partial charge in [-0.2, -0.15) is 0 Å². The van der Waals surface area contributed by atoms with Crippen LogP contribution in [0.5, 0.6) is 0 Å². The van der Waals surface area contributed by atoms with Gasteiger partial charge in [0.25, 0.3) is 0 Å². The predicted molar refractivity (Wildman–Crippen MR) is 85.4 cm³/mol. The number of hydrogen-bond acceptors (Lipinski definition) is 2. The fourth-order valence-corrected chi connectivity index (χ4v) is 3.64. The molecule has 1 aromatic rings. The van der Waals surface area contributed by atoms with Gasteiger partial charge in [-0.05, 0) is 44.9 Å². The molecule has 0 radical (unpaired) electrons. The predicted octanol–water partition coefficient (Wildman–Crippen LogP) is 3.83. The largest absolute Gasteiger partial charge is 0.307 e. The molecule has 0 saturated carbocycles. The second-order valence-electron chi connectivity index (χ2n) is 6.02. The van der Waals surface area contributed by atoms with Gasteiger partial charge in [-0.15, -0.1) is 0 Å². The molecule has 4 atom stereocenters. The molecular weight excluding hydrogens is 300 g/mol. The molecule has 3 heteroatoms. The molecule has 1 aromatic carbocycles. The number of halogens is 1. The molecule has 0 aliphatic carbocycles. The molecule has 1 aliphatic heterocycles. The number of benzene rings is 1. The summed E-state index contributed by atoms with van der Waals surface area (Å²) in [5.74, 6) is 0.700. The van der Waals surface area contributed by atoms with Crippen LogP contribution in [0, 0.1) is 5.92 Å². The van der Waals surface area contributed by atoms with Gasteiger partial charge in [-0.3, -0.25) is 0 Å². The molecule has 1 saturated heterocycles. The van der Waals surface area contributed by atoms with E-state index in [9.17, 15) is 0 Å². The van der Waals surface area contributed by atoms with E-state index in [1.54, 1.807) is 0 Å². The number of likely N-dealkylation sites (tertiary alicyclic amines) is 1. The number of rotatable bonds is 3. The highest BCUT2D eigenvalue weighted by atomic mass is 79.9. The Balaban J connectivity index is 2.03. The van der Waals surface area contributed by atoms with Gasteiger partial charge >= 0.3 is 0 Å². The van der Waals surface area contributed by atoms with Crippen LogP contribution in [-0.2, 0) is 0 Å². The van der Waals surface area contributed by atoms with Crippen LogP contribution in [0.4, 0.5) is 0 Å². The molecule has 1 N–H and O–H groups in total. The molecule has 1 aliphatic rings. The van der Waals surface area contributed by atoms with Gasteiger partial charge in [-0.25, -0.2) is 0 Å². The van der Waals surface area contributed by atoms with Crippen LogP contribution < -0.4 is 5.32 Å². The Morgan fingerprint density at radius 1 is 1.32 bits per heavy atom. The van der Waals surface area contributed by atoms with Gasteiger partial charge in [0.1, 0.15) is 0 Å². The first-order chi connectivity index (χ1) is 8.99. The quantitative estimate of drug-likeness (QED) is 0.909. The normalized spacial score (nSPS) is 30.3. The Bertz CT molecular complexity index is 421. The van der Waals surface area contributed by atoms with Crippen molar-refractivity contribution in [2.75, 3.05) is 13.6 Å². The Labute approximate surface area is 125 Å². The van der Waals surface area contributed by atoms with Crippen LogP contribution in [0.15, 0.2) is 28.7 Å². The lowest BCUT2D eigenvalue weighted by molar-refractivity contribution is 0.116. The molecule has 1 heterocycles. The summed E-state index contributed by atoms with van der Waals surface area (Å²) in [6, 6.07) is 10.2. The maximum Gasteiger partial charge on any atom is 0.0305 e. The molecule has 0 amide bonds. The molecule has 2 rings (SSSR count). The molecular formula is C16H25BrN2. The van der Waals surface area contributed by atoms with Crippen molar-refractivity contribution in [3.63, 3.8) is 0 Å². The van der Waals surface area contributed by atoms with Gasteiger partial charge in [0.15, 0.2) is 0 Å². The first-order valence-electron chi connectivity index (χ1n) is 7.19. The van der Waals surface area contributed by atoms with Crippen molar-refractivity contribution in [2.24, 2.45) is 5.92 Å². The highest BCUT2D eigenvalue weighted by molar-refractivity contribution is 9.10. The lowest BCUT2D eigenvalue weighted by Crippen LogP contribution is -2.51. The van der Waals surface area contributed by atoms with Crippen LogP contribution in [-0.4, -0.2) is 30.6 Å². The Kier molecular flexibility index (Phi) is 5.04. The van der Waals surface area contributed by atoms with E-state index in [-0.39, 0.29) is 0 Å². The second kappa shape index (κ2) is 6.38. The van der Waals surface area contributed by atoms with Gasteiger partial charge in [-0.1, -0.05) is 41.1 Å². The van der Waals surface area contributed by atoms with Crippen molar-refractivity contribution in [3.05, 3.63) is 34.3 Å². The zero-order valence-corrected chi connectivity index (χ0v) is 13.9. The SMILES string of the molecule is CC1CN(C)C(C)CC1N[C@@H](C)c1ccccc1Br. The second-order valence-corrected chi connectivity index (χ2v) is 6.87. The molecule has 3 unspecified atom stereocenters. The van der Waals surface area contributed by atoms with Crippen molar-refractivity contribution in [3.8, 4) is 0 Å².